The highest BCUT2D eigenvalue weighted by Crippen LogP contribution is 2.17. The lowest BCUT2D eigenvalue weighted by atomic mass is 10.0. The van der Waals surface area contributed by atoms with Gasteiger partial charge in [-0.1, -0.05) is 30.3 Å². The molecule has 0 aliphatic carbocycles. The van der Waals surface area contributed by atoms with Gasteiger partial charge in [0, 0.05) is 32.6 Å². The molecule has 0 N–H and O–H groups in total. The van der Waals surface area contributed by atoms with E-state index in [1.807, 2.05) is 35.2 Å². The van der Waals surface area contributed by atoms with Crippen molar-refractivity contribution in [3.05, 3.63) is 42.2 Å². The largest absolute Gasteiger partial charge is 0.338 e. The van der Waals surface area contributed by atoms with E-state index in [2.05, 4.69) is 27.5 Å². The van der Waals surface area contributed by atoms with Crippen molar-refractivity contribution in [2.75, 3.05) is 33.2 Å². The van der Waals surface area contributed by atoms with Crippen LogP contribution < -0.4 is 0 Å². The Balaban J connectivity index is 1.78. The smallest absolute Gasteiger partial charge is 0.248 e. The molecule has 1 fully saturated rings. The maximum absolute atomic E-state index is 12.9. The highest BCUT2D eigenvalue weighted by molar-refractivity contribution is 5.80. The van der Waals surface area contributed by atoms with Crippen molar-refractivity contribution >= 4 is 5.91 Å². The van der Waals surface area contributed by atoms with Crippen molar-refractivity contribution in [3.8, 4) is 0 Å². The van der Waals surface area contributed by atoms with Crippen LogP contribution in [0.5, 0.6) is 0 Å². The topological polar surface area (TPSA) is 67.2 Å². The van der Waals surface area contributed by atoms with Crippen molar-refractivity contribution < 1.29 is 4.79 Å². The van der Waals surface area contributed by atoms with E-state index < -0.39 is 0 Å². The highest BCUT2D eigenvalue weighted by atomic mass is 16.2. The van der Waals surface area contributed by atoms with Gasteiger partial charge in [-0.05, 0) is 23.0 Å². The van der Waals surface area contributed by atoms with Crippen LogP contribution in [-0.4, -0.2) is 69.1 Å². The highest BCUT2D eigenvalue weighted by Gasteiger charge is 2.29. The Labute approximate surface area is 129 Å². The van der Waals surface area contributed by atoms with Gasteiger partial charge in [-0.3, -0.25) is 4.79 Å². The first kappa shape index (κ1) is 14.6. The number of tetrazole rings is 1. The van der Waals surface area contributed by atoms with Crippen LogP contribution in [0, 0.1) is 0 Å². The molecule has 0 spiro atoms. The van der Waals surface area contributed by atoms with E-state index in [-0.39, 0.29) is 11.9 Å². The van der Waals surface area contributed by atoms with Crippen LogP contribution in [0.4, 0.5) is 0 Å². The number of amides is 1. The van der Waals surface area contributed by atoms with E-state index in [4.69, 9.17) is 0 Å². The molecule has 1 atom stereocenters. The summed E-state index contributed by atoms with van der Waals surface area (Å²) in [4.78, 5) is 17.0. The van der Waals surface area contributed by atoms with Crippen LogP contribution in [0.25, 0.3) is 0 Å². The molecule has 2 aromatic rings. The molecule has 1 aliphatic heterocycles. The van der Waals surface area contributed by atoms with Crippen molar-refractivity contribution in [1.82, 2.24) is 30.0 Å². The predicted octanol–water partition coefficient (Wildman–Crippen LogP) is 0.231. The Hall–Kier alpha value is -2.28. The van der Waals surface area contributed by atoms with Crippen LogP contribution in [0.2, 0.25) is 0 Å². The lowest BCUT2D eigenvalue weighted by molar-refractivity contribution is -0.136. The van der Waals surface area contributed by atoms with Gasteiger partial charge in [-0.2, -0.15) is 0 Å². The van der Waals surface area contributed by atoms with Gasteiger partial charge >= 0.3 is 0 Å². The number of benzene rings is 1. The van der Waals surface area contributed by atoms with Gasteiger partial charge in [-0.15, -0.1) is 5.10 Å². The molecule has 1 aliphatic rings. The molecule has 3 rings (SSSR count). The Morgan fingerprint density at radius 3 is 2.55 bits per heavy atom. The van der Waals surface area contributed by atoms with Crippen molar-refractivity contribution in [2.45, 2.75) is 12.5 Å². The first-order valence-electron chi connectivity index (χ1n) is 7.48. The molecular weight excluding hydrogens is 280 g/mol. The molecule has 0 saturated carbocycles. The van der Waals surface area contributed by atoms with Gasteiger partial charge in [-0.25, -0.2) is 4.68 Å². The van der Waals surface area contributed by atoms with Crippen LogP contribution in [0.1, 0.15) is 11.6 Å². The lowest BCUT2D eigenvalue weighted by Gasteiger charge is -2.34. The summed E-state index contributed by atoms with van der Waals surface area (Å²) in [5.41, 5.74) is 1.10. The number of likely N-dealkylation sites (N-methyl/N-ethyl adjacent to an activating group) is 1. The molecule has 1 unspecified atom stereocenters. The first-order chi connectivity index (χ1) is 10.7. The fraction of sp³-hybridized carbons (Fsp3) is 0.467. The second-order valence-corrected chi connectivity index (χ2v) is 5.62. The minimum Gasteiger partial charge on any atom is -0.338 e. The Bertz CT molecular complexity index is 592. The third kappa shape index (κ3) is 3.30. The summed E-state index contributed by atoms with van der Waals surface area (Å²) >= 11 is 0. The van der Waals surface area contributed by atoms with Gasteiger partial charge in [0.15, 0.2) is 0 Å². The summed E-state index contributed by atoms with van der Waals surface area (Å²) in [6.07, 6.45) is 2.11. The molecular formula is C15H20N6O. The maximum atomic E-state index is 12.9. The van der Waals surface area contributed by atoms with Gasteiger partial charge in [0.1, 0.15) is 12.4 Å². The average molecular weight is 300 g/mol. The van der Waals surface area contributed by atoms with Crippen LogP contribution in [0.3, 0.4) is 0 Å². The normalized spacial score (nSPS) is 17.4. The van der Waals surface area contributed by atoms with E-state index >= 15 is 0 Å². The molecule has 0 bridgehead atoms. The van der Waals surface area contributed by atoms with Gasteiger partial charge in [0.25, 0.3) is 0 Å². The summed E-state index contributed by atoms with van der Waals surface area (Å²) in [7, 11) is 2.07. The zero-order chi connectivity index (χ0) is 15.4. The third-order valence-corrected chi connectivity index (χ3v) is 4.06. The van der Waals surface area contributed by atoms with Crippen LogP contribution in [-0.2, 0) is 11.2 Å². The van der Waals surface area contributed by atoms with E-state index in [0.717, 1.165) is 31.7 Å². The number of hydrogen-bond donors (Lipinski definition) is 0. The van der Waals surface area contributed by atoms with Crippen molar-refractivity contribution in [3.63, 3.8) is 0 Å². The Morgan fingerprint density at radius 1 is 1.18 bits per heavy atom. The van der Waals surface area contributed by atoms with Gasteiger partial charge < -0.3 is 9.80 Å². The number of carbonyl (C=O) groups excluding carboxylic acids is 1. The minimum absolute atomic E-state index is 0.0873. The molecule has 1 aromatic carbocycles. The van der Waals surface area contributed by atoms with Gasteiger partial charge in [0.05, 0.1) is 0 Å². The number of hydrogen-bond acceptors (Lipinski definition) is 5. The Kier molecular flexibility index (Phi) is 4.43. The SMILES string of the molecule is CN1CCN(C(=O)C(Cc2ccccc2)n2cnnn2)CC1. The quantitative estimate of drug-likeness (QED) is 0.808. The standard InChI is InChI=1S/C15H20N6O/c1-19-7-9-20(10-8-19)15(22)14(21-12-16-17-18-21)11-13-5-3-2-4-6-13/h2-6,12,14H,7-11H2,1H3. The lowest BCUT2D eigenvalue weighted by Crippen LogP contribution is -2.49. The predicted molar refractivity (Wildman–Crippen MR) is 81.1 cm³/mol. The van der Waals surface area contributed by atoms with E-state index in [0.29, 0.717) is 6.42 Å². The monoisotopic (exact) mass is 300 g/mol. The van der Waals surface area contributed by atoms with E-state index in [1.165, 1.54) is 6.33 Å². The maximum Gasteiger partial charge on any atom is 0.248 e. The second-order valence-electron chi connectivity index (χ2n) is 5.62. The minimum atomic E-state index is -0.388. The zero-order valence-corrected chi connectivity index (χ0v) is 12.7. The molecule has 116 valence electrons. The second kappa shape index (κ2) is 6.65. The molecule has 2 heterocycles. The number of piperazine rings is 1. The molecule has 0 radical (unpaired) electrons. The summed E-state index contributed by atoms with van der Waals surface area (Å²) in [6, 6.07) is 9.58. The summed E-state index contributed by atoms with van der Waals surface area (Å²) in [6.45, 7) is 3.31. The van der Waals surface area contributed by atoms with Crippen LogP contribution in [0.15, 0.2) is 36.7 Å². The fourth-order valence-electron chi connectivity index (χ4n) is 2.68. The van der Waals surface area contributed by atoms with Gasteiger partial charge in [0.2, 0.25) is 5.91 Å². The van der Waals surface area contributed by atoms with Crippen molar-refractivity contribution in [1.29, 1.82) is 0 Å². The van der Waals surface area contributed by atoms with E-state index in [9.17, 15) is 4.79 Å². The summed E-state index contributed by atoms with van der Waals surface area (Å²) in [5, 5.41) is 11.3. The number of nitrogens with zero attached hydrogens (tertiary/aromatic N) is 6. The van der Waals surface area contributed by atoms with Crippen LogP contribution >= 0.6 is 0 Å². The molecule has 7 heteroatoms. The average Bonchev–Trinajstić information content (AvgIpc) is 3.08. The number of aromatic nitrogens is 4. The number of rotatable bonds is 4. The molecule has 1 amide bonds. The molecule has 7 nitrogen and oxygen atoms in total. The molecule has 1 saturated heterocycles. The summed E-state index contributed by atoms with van der Waals surface area (Å²) in [5.74, 6) is 0.0873. The van der Waals surface area contributed by atoms with Crippen molar-refractivity contribution in [2.24, 2.45) is 0 Å². The zero-order valence-electron chi connectivity index (χ0n) is 12.7. The molecule has 1 aromatic heterocycles. The van der Waals surface area contributed by atoms with E-state index in [1.54, 1.807) is 4.68 Å². The third-order valence-electron chi connectivity index (χ3n) is 4.06. The fourth-order valence-corrected chi connectivity index (χ4v) is 2.68. The molecule has 22 heavy (non-hydrogen) atoms. The number of carbonyl (C=O) groups is 1. The summed E-state index contributed by atoms with van der Waals surface area (Å²) < 4.78 is 1.56. The first-order valence-corrected chi connectivity index (χ1v) is 7.48. The Morgan fingerprint density at radius 2 is 1.91 bits per heavy atom.